The van der Waals surface area contributed by atoms with Crippen LogP contribution < -0.4 is 5.43 Å². The molecule has 13 nitrogen and oxygen atoms in total. The molecule has 0 spiro atoms. The van der Waals surface area contributed by atoms with Gasteiger partial charge in [0.25, 0.3) is 0 Å². The van der Waals surface area contributed by atoms with E-state index in [9.17, 15) is 4.79 Å². The molecule has 0 unspecified atom stereocenters. The number of oxazole rings is 1. The van der Waals surface area contributed by atoms with Crippen molar-refractivity contribution in [1.82, 2.24) is 54.4 Å². The SMILES string of the molecule is CC(C)c1cc(=O)c2ccccc2[nH]1.CC(C)c1nc2ccccc2n1C.CC(C)c1nc2ccccc2o1.Cc1cc2nc(C(C)(C)C)[nH]c2cc1C.Cc1ccc2[nH]c(C(C)(C)C)nc2c1C.Cc1cnc2nc(C(C)C)[nH]c2c1. The van der Waals surface area contributed by atoms with E-state index in [1.807, 2.05) is 73.8 Å². The van der Waals surface area contributed by atoms with Crippen LogP contribution in [-0.4, -0.2) is 54.4 Å². The Balaban J connectivity index is 0.000000142. The van der Waals surface area contributed by atoms with Crippen molar-refractivity contribution in [3.63, 3.8) is 0 Å². The Morgan fingerprint density at radius 2 is 1.13 bits per heavy atom. The summed E-state index contributed by atoms with van der Waals surface area (Å²) in [5.41, 5.74) is 19.0. The van der Waals surface area contributed by atoms with Crippen molar-refractivity contribution in [3.8, 4) is 0 Å². The molecule has 0 saturated heterocycles. The minimum Gasteiger partial charge on any atom is -0.440 e. The minimum atomic E-state index is 0.0827. The Bertz CT molecular complexity index is 4070. The van der Waals surface area contributed by atoms with Crippen molar-refractivity contribution in [2.75, 3.05) is 0 Å². The zero-order chi connectivity index (χ0) is 60.0. The molecule has 0 radical (unpaired) electrons. The smallest absolute Gasteiger partial charge is 0.198 e. The molecule has 13 heteroatoms. The van der Waals surface area contributed by atoms with Gasteiger partial charge in [-0.3, -0.25) is 4.79 Å². The van der Waals surface area contributed by atoms with Crippen LogP contribution in [0, 0.1) is 34.6 Å². The average Bonchev–Trinajstić information content (AvgIpc) is 4.42. The van der Waals surface area contributed by atoms with Gasteiger partial charge in [0.2, 0.25) is 0 Å². The van der Waals surface area contributed by atoms with Gasteiger partial charge in [0, 0.05) is 64.5 Å². The Kier molecular flexibility index (Phi) is 19.3. The fourth-order valence-electron chi connectivity index (χ4n) is 8.94. The van der Waals surface area contributed by atoms with Crippen molar-refractivity contribution in [2.45, 2.75) is 166 Å². The van der Waals surface area contributed by atoms with Gasteiger partial charge in [0.05, 0.1) is 38.6 Å². The molecule has 5 aromatic carbocycles. The molecule has 7 aromatic heterocycles. The van der Waals surface area contributed by atoms with Gasteiger partial charge >= 0.3 is 0 Å². The van der Waals surface area contributed by atoms with Crippen LogP contribution in [0.1, 0.15) is 183 Å². The molecular weight excluding hydrogens is 1010 g/mol. The summed E-state index contributed by atoms with van der Waals surface area (Å²) in [6.07, 6.45) is 1.84. The molecule has 82 heavy (non-hydrogen) atoms. The van der Waals surface area contributed by atoms with Gasteiger partial charge in [-0.2, -0.15) is 0 Å². The van der Waals surface area contributed by atoms with Crippen molar-refractivity contribution < 1.29 is 4.42 Å². The molecule has 7 heterocycles. The minimum absolute atomic E-state index is 0.0827. The van der Waals surface area contributed by atoms with Gasteiger partial charge in [0.1, 0.15) is 28.8 Å². The van der Waals surface area contributed by atoms with Gasteiger partial charge < -0.3 is 28.9 Å². The molecule has 0 aliphatic heterocycles. The number of rotatable bonds is 4. The number of hydrogen-bond donors (Lipinski definition) is 4. The van der Waals surface area contributed by atoms with Gasteiger partial charge in [-0.15, -0.1) is 0 Å². The normalized spacial score (nSPS) is 11.7. The number of nitrogens with zero attached hydrogens (tertiary/aromatic N) is 7. The highest BCUT2D eigenvalue weighted by Crippen LogP contribution is 2.27. The van der Waals surface area contributed by atoms with Gasteiger partial charge in [-0.1, -0.05) is 139 Å². The highest BCUT2D eigenvalue weighted by atomic mass is 16.3. The fraction of sp³-hybridized carbons (Fsp3) is 0.377. The monoisotopic (exact) mass is 1100 g/mol. The lowest BCUT2D eigenvalue weighted by atomic mass is 9.96. The maximum Gasteiger partial charge on any atom is 0.198 e. The zero-order valence-corrected chi connectivity index (χ0v) is 52.2. The summed E-state index contributed by atoms with van der Waals surface area (Å²) in [4.78, 5) is 51.9. The van der Waals surface area contributed by atoms with Crippen molar-refractivity contribution in [2.24, 2.45) is 7.05 Å². The molecule has 0 atom stereocenters. The van der Waals surface area contributed by atoms with Crippen molar-refractivity contribution in [1.29, 1.82) is 0 Å². The number of imidazole rings is 4. The Hall–Kier alpha value is -8.19. The molecule has 430 valence electrons. The number of hydrogen-bond acceptors (Lipinski definition) is 8. The molecule has 0 fully saturated rings. The van der Waals surface area contributed by atoms with E-state index in [4.69, 9.17) is 4.42 Å². The largest absolute Gasteiger partial charge is 0.440 e. The van der Waals surface area contributed by atoms with Crippen LogP contribution in [0.25, 0.3) is 66.3 Å². The molecule has 4 N–H and O–H groups in total. The molecule has 0 amide bonds. The maximum absolute atomic E-state index is 11.7. The van der Waals surface area contributed by atoms with Crippen LogP contribution in [0.2, 0.25) is 0 Å². The van der Waals surface area contributed by atoms with Gasteiger partial charge in [-0.25, -0.2) is 29.9 Å². The molecular formula is C69H87N11O2. The molecule has 12 aromatic rings. The van der Waals surface area contributed by atoms with Crippen LogP contribution in [0.5, 0.6) is 0 Å². The Morgan fingerprint density at radius 1 is 0.512 bits per heavy atom. The molecule has 0 saturated carbocycles. The second-order valence-corrected chi connectivity index (χ2v) is 24.8. The lowest BCUT2D eigenvalue weighted by Gasteiger charge is -2.13. The summed E-state index contributed by atoms with van der Waals surface area (Å²) in [6.45, 7) is 40.4. The first-order chi connectivity index (χ1) is 38.6. The molecule has 0 bridgehead atoms. The maximum atomic E-state index is 11.7. The fourth-order valence-corrected chi connectivity index (χ4v) is 8.94. The van der Waals surface area contributed by atoms with Gasteiger partial charge in [-0.05, 0) is 129 Å². The van der Waals surface area contributed by atoms with E-state index >= 15 is 0 Å². The summed E-state index contributed by atoms with van der Waals surface area (Å²) in [5, 5.41) is 0.761. The molecule has 0 aliphatic carbocycles. The number of aromatic amines is 4. The number of nitrogens with one attached hydrogen (secondary N) is 4. The summed E-state index contributed by atoms with van der Waals surface area (Å²) < 4.78 is 7.68. The summed E-state index contributed by atoms with van der Waals surface area (Å²) >= 11 is 0. The van der Waals surface area contributed by atoms with E-state index < -0.39 is 0 Å². The van der Waals surface area contributed by atoms with Crippen LogP contribution in [0.3, 0.4) is 0 Å². The lowest BCUT2D eigenvalue weighted by molar-refractivity contribution is 0.501. The Labute approximate surface area is 484 Å². The number of aromatic nitrogens is 11. The molecule has 0 aliphatic rings. The van der Waals surface area contributed by atoms with Crippen LogP contribution in [0.15, 0.2) is 125 Å². The molecule has 12 rings (SSSR count). The van der Waals surface area contributed by atoms with Crippen LogP contribution in [-0.2, 0) is 17.9 Å². The van der Waals surface area contributed by atoms with E-state index in [2.05, 4.69) is 229 Å². The lowest BCUT2D eigenvalue weighted by Crippen LogP contribution is -2.12. The number of benzene rings is 5. The van der Waals surface area contributed by atoms with E-state index in [0.717, 1.165) is 101 Å². The third kappa shape index (κ3) is 15.0. The number of H-pyrrole nitrogens is 4. The first kappa shape index (κ1) is 61.4. The zero-order valence-electron chi connectivity index (χ0n) is 52.2. The summed E-state index contributed by atoms with van der Waals surface area (Å²) in [7, 11) is 2.07. The number of para-hydroxylation sites is 5. The van der Waals surface area contributed by atoms with Gasteiger partial charge in [0.15, 0.2) is 22.5 Å². The van der Waals surface area contributed by atoms with Crippen molar-refractivity contribution >= 4 is 66.3 Å². The van der Waals surface area contributed by atoms with E-state index in [1.165, 1.54) is 27.8 Å². The number of fused-ring (bicyclic) bond motifs is 6. The average molecular weight is 1100 g/mol. The first-order valence-corrected chi connectivity index (χ1v) is 28.7. The predicted octanol–water partition coefficient (Wildman–Crippen LogP) is 17.6. The second kappa shape index (κ2) is 25.7. The standard InChI is InChI=1S/2C13H18N2.C12H13NO.C11H14N2.C10H13N3.C10H11NO/c1-8-6-10-11(7-9(8)2)15-12(14-10)13(3,4)5;1-8-6-7-10-11(9(8)2)15-12(14-10)13(3,4)5;1-8(2)11-7-12(14)9-5-3-4-6-10(9)13-11;1-8(2)11-12-9-6-4-5-7-10(9)13(11)3;1-6(2)9-12-8-4-7(3)5-11-10(8)13-9;1-7(2)10-11-8-5-3-4-6-9(8)12-10/h2*6-7H,1-5H3,(H,14,15);3-8H,1-2H3,(H,13,14);4-8H,1-3H3;4-6H,1-3H3,(H,11,12,13);3-7H,1-2H3. The topological polar surface area (TPSA) is 176 Å². The number of pyridine rings is 2. The van der Waals surface area contributed by atoms with Crippen molar-refractivity contribution in [3.05, 3.63) is 188 Å². The van der Waals surface area contributed by atoms with E-state index in [1.54, 1.807) is 6.07 Å². The predicted molar refractivity (Wildman–Crippen MR) is 343 cm³/mol. The third-order valence-electron chi connectivity index (χ3n) is 14.3. The highest BCUT2D eigenvalue weighted by molar-refractivity contribution is 5.81. The highest BCUT2D eigenvalue weighted by Gasteiger charge is 2.20. The van der Waals surface area contributed by atoms with Crippen LogP contribution in [0.4, 0.5) is 0 Å². The Morgan fingerprint density at radius 3 is 1.77 bits per heavy atom. The quantitative estimate of drug-likeness (QED) is 0.135. The summed E-state index contributed by atoms with van der Waals surface area (Å²) in [5.74, 6) is 6.72. The van der Waals surface area contributed by atoms with Crippen LogP contribution >= 0.6 is 0 Å². The van der Waals surface area contributed by atoms with E-state index in [-0.39, 0.29) is 16.3 Å². The second-order valence-electron chi connectivity index (χ2n) is 24.8. The summed E-state index contributed by atoms with van der Waals surface area (Å²) in [6, 6.07) is 36.0. The first-order valence-electron chi connectivity index (χ1n) is 28.7. The van der Waals surface area contributed by atoms with E-state index in [0.29, 0.717) is 23.7 Å². The number of aryl methyl sites for hydroxylation is 6. The third-order valence-corrected chi connectivity index (χ3v) is 14.3.